The number of hydrogen-bond donors (Lipinski definition) is 0. The molecule has 0 N–H and O–H groups in total. The van der Waals surface area contributed by atoms with Gasteiger partial charge in [0.2, 0.25) is 0 Å². The molecule has 1 aliphatic rings. The van der Waals surface area contributed by atoms with E-state index in [1.807, 2.05) is 0 Å². The molecule has 0 spiro atoms. The molecule has 0 atom stereocenters. The van der Waals surface area contributed by atoms with Crippen LogP contribution in [0, 0.1) is 0 Å². The van der Waals surface area contributed by atoms with E-state index < -0.39 is 7.82 Å². The van der Waals surface area contributed by atoms with Gasteiger partial charge >= 0.3 is 7.82 Å². The Morgan fingerprint density at radius 1 is 1.42 bits per heavy atom. The predicted molar refractivity (Wildman–Crippen MR) is 35.0 cm³/mol. The molecule has 0 aromatic carbocycles. The van der Waals surface area contributed by atoms with E-state index >= 15 is 0 Å². The Morgan fingerprint density at radius 3 is 2.50 bits per heavy atom. The van der Waals surface area contributed by atoms with Gasteiger partial charge in [-0.2, -0.15) is 0 Å². The van der Waals surface area contributed by atoms with Gasteiger partial charge < -0.3 is 4.52 Å². The molecule has 1 aliphatic carbocycles. The highest BCUT2D eigenvalue weighted by atomic mass is 31.2. The van der Waals surface area contributed by atoms with E-state index in [0.29, 0.717) is 6.42 Å². The van der Waals surface area contributed by atoms with Crippen LogP contribution in [0.2, 0.25) is 0 Å². The van der Waals surface area contributed by atoms with Crippen molar-refractivity contribution in [2.24, 2.45) is 0 Å². The summed E-state index contributed by atoms with van der Waals surface area (Å²) in [5.74, 6) is 0.230. The molecule has 0 radical (unpaired) electrons. The minimum Gasteiger partial charge on any atom is -0.406 e. The minimum atomic E-state index is -4.63. The topological polar surface area (TPSA) is 44.8 Å². The second-order valence-corrected chi connectivity index (χ2v) is 3.59. The Balaban J connectivity index is 2.53. The third-order valence-electron chi connectivity index (χ3n) is 1.40. The first kappa shape index (κ1) is 9.64. The van der Waals surface area contributed by atoms with Crippen molar-refractivity contribution >= 4 is 7.82 Å². The van der Waals surface area contributed by atoms with Crippen molar-refractivity contribution in [3.8, 4) is 0 Å². The molecule has 0 saturated carbocycles. The first-order chi connectivity index (χ1) is 5.70. The predicted octanol–water partition coefficient (Wildman–Crippen LogP) is 2.98. The first-order valence-electron chi connectivity index (χ1n) is 3.29. The summed E-state index contributed by atoms with van der Waals surface area (Å²) < 4.78 is 43.3. The highest BCUT2D eigenvalue weighted by molar-refractivity contribution is 7.48. The maximum absolute atomic E-state index is 11.4. The van der Waals surface area contributed by atoms with Crippen molar-refractivity contribution in [1.29, 1.82) is 0 Å². The molecule has 4 nitrogen and oxygen atoms in total. The molecule has 0 aromatic heterocycles. The SMILES string of the molecule is O=P(OF)(OF)OC1=CCCC1. The van der Waals surface area contributed by atoms with Gasteiger partial charge in [0.1, 0.15) is 5.76 Å². The maximum atomic E-state index is 11.4. The second-order valence-electron chi connectivity index (χ2n) is 2.24. The zero-order valence-corrected chi connectivity index (χ0v) is 6.93. The standard InChI is InChI=1S/C5H7F2O4P/c6-10-12(8,11-7)9-5-3-1-2-4-5/h3H,1-2,4H2. The smallest absolute Gasteiger partial charge is 0.406 e. The Morgan fingerprint density at radius 2 is 2.08 bits per heavy atom. The normalized spacial score (nSPS) is 17.7. The summed E-state index contributed by atoms with van der Waals surface area (Å²) in [6.07, 6.45) is 3.59. The Labute approximate surface area is 67.5 Å². The summed E-state index contributed by atoms with van der Waals surface area (Å²) in [6, 6.07) is 0. The highest BCUT2D eigenvalue weighted by Gasteiger charge is 2.33. The average Bonchev–Trinajstić information content (AvgIpc) is 2.57. The van der Waals surface area contributed by atoms with Gasteiger partial charge in [-0.05, 0) is 28.0 Å². The van der Waals surface area contributed by atoms with Crippen molar-refractivity contribution < 1.29 is 27.6 Å². The Bertz CT molecular complexity index is 221. The summed E-state index contributed by atoms with van der Waals surface area (Å²) in [5, 5.41) is 0. The van der Waals surface area contributed by atoms with Crippen molar-refractivity contribution in [1.82, 2.24) is 0 Å². The third-order valence-corrected chi connectivity index (χ3v) is 2.19. The molecule has 12 heavy (non-hydrogen) atoms. The summed E-state index contributed by atoms with van der Waals surface area (Å²) >= 11 is 0. The lowest BCUT2D eigenvalue weighted by Crippen LogP contribution is -1.89. The van der Waals surface area contributed by atoms with E-state index in [0.717, 1.165) is 12.8 Å². The third kappa shape index (κ3) is 2.27. The largest absolute Gasteiger partial charge is 0.593 e. The van der Waals surface area contributed by atoms with Crippen LogP contribution in [0.25, 0.3) is 0 Å². The quantitative estimate of drug-likeness (QED) is 0.654. The molecule has 0 aromatic rings. The fraction of sp³-hybridized carbons (Fsp3) is 0.600. The number of rotatable bonds is 4. The van der Waals surface area contributed by atoms with Crippen molar-refractivity contribution in [3.63, 3.8) is 0 Å². The molecule has 0 saturated heterocycles. The van der Waals surface area contributed by atoms with Crippen LogP contribution >= 0.6 is 7.82 Å². The first-order valence-corrected chi connectivity index (χ1v) is 4.75. The average molecular weight is 200 g/mol. The molecule has 0 heterocycles. The van der Waals surface area contributed by atoms with Gasteiger partial charge in [0.05, 0.1) is 0 Å². The van der Waals surface area contributed by atoms with E-state index in [1.54, 1.807) is 6.08 Å². The summed E-state index contributed by atoms with van der Waals surface area (Å²) in [5.41, 5.74) is 0. The second kappa shape index (κ2) is 3.98. The molecule has 0 fully saturated rings. The highest BCUT2D eigenvalue weighted by Crippen LogP contribution is 2.53. The van der Waals surface area contributed by atoms with Gasteiger partial charge in [-0.3, -0.25) is 0 Å². The van der Waals surface area contributed by atoms with Gasteiger partial charge in [-0.15, -0.1) is 0 Å². The molecule has 1 rings (SSSR count). The molecule has 0 unspecified atom stereocenters. The molecule has 70 valence electrons. The summed E-state index contributed by atoms with van der Waals surface area (Å²) in [4.78, 5) is 0. The van der Waals surface area contributed by atoms with Crippen LogP contribution in [0.1, 0.15) is 19.3 Å². The van der Waals surface area contributed by atoms with E-state index in [2.05, 4.69) is 14.0 Å². The lowest BCUT2D eigenvalue weighted by molar-refractivity contribution is -0.113. The van der Waals surface area contributed by atoms with Gasteiger partial charge in [0, 0.05) is 6.42 Å². The van der Waals surface area contributed by atoms with Gasteiger partial charge in [-0.1, -0.05) is 9.46 Å². The summed E-state index contributed by atoms with van der Waals surface area (Å²) in [6.45, 7) is 0. The van der Waals surface area contributed by atoms with Crippen LogP contribution in [0.4, 0.5) is 9.05 Å². The van der Waals surface area contributed by atoms with Crippen molar-refractivity contribution in [2.75, 3.05) is 0 Å². The molecule has 0 aliphatic heterocycles. The zero-order chi connectivity index (χ0) is 9.03. The van der Waals surface area contributed by atoms with Crippen LogP contribution < -0.4 is 0 Å². The maximum Gasteiger partial charge on any atom is 0.593 e. The zero-order valence-electron chi connectivity index (χ0n) is 6.03. The fourth-order valence-corrected chi connectivity index (χ4v) is 1.44. The Hall–Kier alpha value is -0.450. The van der Waals surface area contributed by atoms with Gasteiger partial charge in [0.25, 0.3) is 0 Å². The van der Waals surface area contributed by atoms with Crippen molar-refractivity contribution in [2.45, 2.75) is 19.3 Å². The van der Waals surface area contributed by atoms with Gasteiger partial charge in [0.15, 0.2) is 0 Å². The van der Waals surface area contributed by atoms with Crippen LogP contribution in [-0.4, -0.2) is 0 Å². The number of halogens is 2. The van der Waals surface area contributed by atoms with E-state index in [-0.39, 0.29) is 5.76 Å². The molecular formula is C5H7F2O4P. The Kier molecular flexibility index (Phi) is 3.20. The minimum absolute atomic E-state index is 0.230. The molecule has 0 bridgehead atoms. The lowest BCUT2D eigenvalue weighted by Gasteiger charge is -2.08. The summed E-state index contributed by atoms with van der Waals surface area (Å²) in [7, 11) is -4.63. The lowest BCUT2D eigenvalue weighted by atomic mass is 10.4. The van der Waals surface area contributed by atoms with Crippen LogP contribution in [0.15, 0.2) is 11.8 Å². The van der Waals surface area contributed by atoms with E-state index in [9.17, 15) is 13.6 Å². The number of allylic oxidation sites excluding steroid dienone is 2. The van der Waals surface area contributed by atoms with Gasteiger partial charge in [-0.25, -0.2) is 4.57 Å². The monoisotopic (exact) mass is 200 g/mol. The number of hydrogen-bond acceptors (Lipinski definition) is 4. The van der Waals surface area contributed by atoms with Crippen LogP contribution in [0.3, 0.4) is 0 Å². The molecule has 0 amide bonds. The number of phosphoric acid groups is 1. The fourth-order valence-electron chi connectivity index (χ4n) is 0.907. The van der Waals surface area contributed by atoms with E-state index in [4.69, 9.17) is 0 Å². The van der Waals surface area contributed by atoms with Crippen LogP contribution in [-0.2, 0) is 18.5 Å². The van der Waals surface area contributed by atoms with E-state index in [1.165, 1.54) is 0 Å². The van der Waals surface area contributed by atoms with Crippen LogP contribution in [0.5, 0.6) is 0 Å². The molecular weight excluding hydrogens is 193 g/mol. The molecule has 7 heteroatoms. The van der Waals surface area contributed by atoms with Crippen molar-refractivity contribution in [3.05, 3.63) is 11.8 Å².